The lowest BCUT2D eigenvalue weighted by atomic mass is 9.99. The number of nitriles is 1. The van der Waals surface area contributed by atoms with Crippen LogP contribution in [0.2, 0.25) is 39.3 Å². The summed E-state index contributed by atoms with van der Waals surface area (Å²) in [4.78, 5) is 22.8. The third-order valence-corrected chi connectivity index (χ3v) is 31.1. The van der Waals surface area contributed by atoms with Gasteiger partial charge in [-0.2, -0.15) is 5.26 Å². The van der Waals surface area contributed by atoms with Crippen LogP contribution >= 0.6 is 34.0 Å². The maximum absolute atomic E-state index is 9.45. The van der Waals surface area contributed by atoms with Crippen molar-refractivity contribution in [3.63, 3.8) is 0 Å². The highest BCUT2D eigenvalue weighted by Crippen LogP contribution is 2.47. The average molecular weight is 1710 g/mol. The second-order valence-electron chi connectivity index (χ2n) is 33.7. The van der Waals surface area contributed by atoms with Gasteiger partial charge in [0.15, 0.2) is 47.8 Å². The van der Waals surface area contributed by atoms with Gasteiger partial charge in [0.1, 0.15) is 35.2 Å². The summed E-state index contributed by atoms with van der Waals surface area (Å²) in [7, 11) is 7.46. The number of aromatic nitrogens is 7. The summed E-state index contributed by atoms with van der Waals surface area (Å²) >= 11 is 5.28. The normalized spacial score (nSPS) is 11.4. The molecule has 12 heterocycles. The zero-order valence-corrected chi connectivity index (χ0v) is 77.0. The van der Waals surface area contributed by atoms with Gasteiger partial charge in [-0.25, -0.2) is 32.5 Å². The Bertz CT molecular complexity index is 7960. The van der Waals surface area contributed by atoms with E-state index in [1.165, 1.54) is 117 Å². The van der Waals surface area contributed by atoms with E-state index in [0.29, 0.717) is 28.8 Å². The minimum absolute atomic E-state index is 0.353. The number of fused-ring (bicyclic) bond motifs is 15. The number of pyridine rings is 7. The maximum Gasteiger partial charge on any atom is 0.322 e. The first-order valence-corrected chi connectivity index (χ1v) is 50.3. The number of rotatable bonds is 7. The highest BCUT2D eigenvalue weighted by atomic mass is 32.1. The standard InChI is InChI=1S/C23H24N3OSi.C22H22N3OSi.3C20H15N2S/c1-14-8-9-16-17-10-11-20(24-3)25-23(17)27-22(16)21(14)18-12-19(28(5,6)7)15(2)13-26(18)4;1-14-7-8-16-17-9-10-19(23-2)24-22(17)26-21(16)20(14)18-13-15(27(4,5)6)11-12-25(18)3;1-13-10-11-15-14-7-6-8-16(21-2)19(14)23-20(15)18(13)17-9-4-5-12-22(17)3;1-13-7-9-16-15-10-8-14(21-2)12-18(15)23-20(16)19(13)17-6-4-5-11-22(17)3;1-13-9-10-15-19-14(12-21)6-5-8-17(19)23-20(15)18(13)16-7-3-4-11-22(16)2/h8-13H,1-2,4-7H3;7-13H,1,3-6H3;2*4-12H,1,3H3;3-11H,1-2H3/q5*+1. The van der Waals surface area contributed by atoms with E-state index in [0.717, 1.165) is 87.7 Å². The van der Waals surface area contributed by atoms with Crippen LogP contribution in [0.3, 0.4) is 0 Å². The lowest BCUT2D eigenvalue weighted by molar-refractivity contribution is -0.660. The first-order valence-electron chi connectivity index (χ1n) is 40.9. The van der Waals surface area contributed by atoms with Crippen molar-refractivity contribution in [2.24, 2.45) is 35.2 Å². The summed E-state index contributed by atoms with van der Waals surface area (Å²) in [6.45, 7) is 56.2. The van der Waals surface area contributed by atoms with Crippen LogP contribution in [-0.4, -0.2) is 26.1 Å². The van der Waals surface area contributed by atoms with E-state index >= 15 is 0 Å². The molecule has 0 aliphatic carbocycles. The van der Waals surface area contributed by atoms with Crippen LogP contribution in [0.4, 0.5) is 23.0 Å². The van der Waals surface area contributed by atoms with Crippen LogP contribution in [0, 0.1) is 79.2 Å². The molecule has 8 aromatic carbocycles. The molecule has 124 heavy (non-hydrogen) atoms. The van der Waals surface area contributed by atoms with Crippen molar-refractivity contribution >= 4 is 188 Å². The van der Waals surface area contributed by atoms with Gasteiger partial charge in [-0.05, 0) is 144 Å². The molecule has 20 rings (SSSR count). The topological polar surface area (TPSA) is 113 Å². The van der Waals surface area contributed by atoms with E-state index in [2.05, 4.69) is 339 Å². The fraction of sp³-hybridized carbons (Fsp3) is 0.162. The van der Waals surface area contributed by atoms with Crippen LogP contribution < -0.4 is 33.2 Å². The van der Waals surface area contributed by atoms with Gasteiger partial charge in [-0.3, -0.25) is 0 Å². The van der Waals surface area contributed by atoms with Crippen molar-refractivity contribution in [3.8, 4) is 62.4 Å². The largest absolute Gasteiger partial charge is 0.419 e. The van der Waals surface area contributed by atoms with Crippen molar-refractivity contribution in [3.05, 3.63) is 328 Å². The SMILES string of the molecule is Cc1ccc2c(sc3cccc(C#N)c32)c1-c1cccc[n+]1C.[C-]#[N+]c1ccc2c(c1)sc1c(-c3cccc[n+]3C)c(C)ccc12.[C-]#[N+]c1ccc2c(n1)oc1c(-c3cc([Si](C)(C)C)c(C)c[n+]3C)c(C)ccc12.[C-]#[N+]c1ccc2c(n1)oc1c(-c3cc([Si](C)(C)C)cc[n+]3C)c(C)ccc12.[C-]#[N+]c1cccc2c1sc1c(-c3cccc[n+]3C)c(C)ccc12. The minimum atomic E-state index is -1.48. The first-order chi connectivity index (χ1) is 59.6. The third-order valence-electron chi connectivity index (χ3n) is 23.3. The Morgan fingerprint density at radius 2 is 0.798 bits per heavy atom. The van der Waals surface area contributed by atoms with Crippen molar-refractivity contribution in [2.75, 3.05) is 0 Å². The van der Waals surface area contributed by atoms with Gasteiger partial charge in [0.2, 0.25) is 34.2 Å². The molecule has 0 unspecified atom stereocenters. The Balaban J connectivity index is 0.000000115. The number of benzene rings is 8. The van der Waals surface area contributed by atoms with Crippen LogP contribution in [0.15, 0.2) is 252 Å². The molecule has 20 aromatic rings. The van der Waals surface area contributed by atoms with Crippen molar-refractivity contribution < 1.29 is 31.7 Å². The molecule has 0 fully saturated rings. The lowest BCUT2D eigenvalue weighted by Crippen LogP contribution is -2.44. The quantitative estimate of drug-likeness (QED) is 0.0896. The summed E-state index contributed by atoms with van der Waals surface area (Å²) in [6, 6.07) is 74.9. The van der Waals surface area contributed by atoms with Gasteiger partial charge in [0, 0.05) is 115 Å². The molecule has 12 aromatic heterocycles. The number of hydrogen-bond acceptors (Lipinski definition) is 8. The van der Waals surface area contributed by atoms with E-state index in [-0.39, 0.29) is 0 Å². The van der Waals surface area contributed by atoms with E-state index < -0.39 is 16.1 Å². The fourth-order valence-electron chi connectivity index (χ4n) is 16.9. The molecular formula is C105H91N12O2S3Si2+5. The van der Waals surface area contributed by atoms with E-state index in [9.17, 15) is 5.26 Å². The van der Waals surface area contributed by atoms with Crippen molar-refractivity contribution in [1.29, 1.82) is 5.26 Å². The Labute approximate surface area is 735 Å². The Kier molecular flexibility index (Phi) is 22.8. The number of thiophene rings is 3. The zero-order chi connectivity index (χ0) is 87.5. The number of hydrogen-bond donors (Lipinski definition) is 0. The van der Waals surface area contributed by atoms with Crippen LogP contribution in [-0.2, 0) is 35.2 Å². The van der Waals surface area contributed by atoms with E-state index in [1.54, 1.807) is 46.1 Å². The lowest BCUT2D eigenvalue weighted by Gasteiger charge is -2.19. The molecule has 0 spiro atoms. The number of nitrogens with zero attached hydrogens (tertiary/aromatic N) is 12. The van der Waals surface area contributed by atoms with Crippen LogP contribution in [0.1, 0.15) is 38.9 Å². The number of aryl methyl sites for hydroxylation is 11. The molecule has 604 valence electrons. The Morgan fingerprint density at radius 3 is 1.29 bits per heavy atom. The van der Waals surface area contributed by atoms with Gasteiger partial charge >= 0.3 is 11.4 Å². The van der Waals surface area contributed by atoms with E-state index in [1.807, 2.05) is 66.7 Å². The maximum atomic E-state index is 9.45. The molecule has 0 N–H and O–H groups in total. The molecule has 0 radical (unpaired) electrons. The fourth-order valence-corrected chi connectivity index (χ4v) is 23.9. The van der Waals surface area contributed by atoms with Gasteiger partial charge in [0.25, 0.3) is 11.6 Å². The second-order valence-corrected chi connectivity index (χ2v) is 46.9. The van der Waals surface area contributed by atoms with Crippen molar-refractivity contribution in [1.82, 2.24) is 9.97 Å². The zero-order valence-electron chi connectivity index (χ0n) is 72.5. The van der Waals surface area contributed by atoms with Crippen LogP contribution in [0.5, 0.6) is 0 Å². The molecule has 14 nitrogen and oxygen atoms in total. The molecule has 0 aliphatic rings. The molecule has 0 bridgehead atoms. The third kappa shape index (κ3) is 15.5. The molecule has 0 amide bonds. The summed E-state index contributed by atoms with van der Waals surface area (Å²) in [5.41, 5.74) is 24.3. The summed E-state index contributed by atoms with van der Waals surface area (Å²) in [5.74, 6) is 0.706. The molecule has 19 heteroatoms. The molecule has 0 saturated heterocycles. The predicted molar refractivity (Wildman–Crippen MR) is 518 cm³/mol. The highest BCUT2D eigenvalue weighted by molar-refractivity contribution is 7.27. The van der Waals surface area contributed by atoms with E-state index in [4.69, 9.17) is 35.1 Å². The highest BCUT2D eigenvalue weighted by Gasteiger charge is 2.31. The van der Waals surface area contributed by atoms with Gasteiger partial charge in [-0.15, -0.1) is 34.0 Å². The Morgan fingerprint density at radius 1 is 0.355 bits per heavy atom. The molecule has 0 aliphatic heterocycles. The molecule has 0 saturated carbocycles. The van der Waals surface area contributed by atoms with Gasteiger partial charge < -0.3 is 18.5 Å². The minimum Gasteiger partial charge on any atom is -0.419 e. The second kappa shape index (κ2) is 33.8. The Hall–Kier alpha value is -14.0. The number of furan rings is 2. The van der Waals surface area contributed by atoms with Gasteiger partial charge in [0.05, 0.1) is 79.5 Å². The first kappa shape index (κ1) is 83.6. The van der Waals surface area contributed by atoms with Gasteiger partial charge in [-0.1, -0.05) is 172 Å². The molecule has 0 atom stereocenters. The van der Waals surface area contributed by atoms with Crippen LogP contribution in [0.25, 0.3) is 180 Å². The monoisotopic (exact) mass is 1700 g/mol. The summed E-state index contributed by atoms with van der Waals surface area (Å²) in [5, 5.41) is 23.5. The smallest absolute Gasteiger partial charge is 0.322 e. The predicted octanol–water partition coefficient (Wildman–Crippen LogP) is 25.6. The summed E-state index contributed by atoms with van der Waals surface area (Å²) < 4.78 is 30.5. The average Bonchev–Trinajstić information content (AvgIpc) is 1.59. The summed E-state index contributed by atoms with van der Waals surface area (Å²) in [6.07, 6.45) is 10.6. The van der Waals surface area contributed by atoms with Crippen molar-refractivity contribution in [2.45, 2.75) is 80.8 Å². The molecular weight excluding hydrogens is 1610 g/mol.